The predicted octanol–water partition coefficient (Wildman–Crippen LogP) is 1.95. The van der Waals surface area contributed by atoms with Crippen LogP contribution in [0.5, 0.6) is 0 Å². The molecule has 1 saturated heterocycles. The van der Waals surface area contributed by atoms with Gasteiger partial charge in [0.25, 0.3) is 0 Å². The van der Waals surface area contributed by atoms with Gasteiger partial charge in [-0.3, -0.25) is 14.6 Å². The number of Topliss-reactive ketones (excluding diaryl/α,β-unsaturated/α-hetero) is 1. The minimum atomic E-state index is -1.18. The molecular weight excluding hydrogens is 336 g/mol. The first-order valence-corrected chi connectivity index (χ1v) is 8.37. The Kier molecular flexibility index (Phi) is 5.01. The van der Waals surface area contributed by atoms with Crippen LogP contribution in [-0.2, 0) is 19.1 Å². The van der Waals surface area contributed by atoms with Gasteiger partial charge >= 0.3 is 5.97 Å². The number of nitrogens with zero attached hydrogens (tertiary/aromatic N) is 3. The van der Waals surface area contributed by atoms with Crippen molar-refractivity contribution >= 4 is 34.8 Å². The van der Waals surface area contributed by atoms with Crippen LogP contribution in [0.25, 0.3) is 17.1 Å². The van der Waals surface area contributed by atoms with Crippen molar-refractivity contribution in [3.8, 4) is 0 Å². The molecule has 2 aromatic heterocycles. The SMILES string of the molecule is CCOC(=O)C1C(=O)/C(=C/c2c[nH]c3ncccc23)O/C1=N/N(C)CC. The summed E-state index contributed by atoms with van der Waals surface area (Å²) in [6.07, 6.45) is 4.99. The van der Waals surface area contributed by atoms with Gasteiger partial charge in [-0.25, -0.2) is 4.98 Å². The molecule has 0 amide bonds. The number of allylic oxidation sites excluding steroid dienone is 1. The molecule has 3 rings (SSSR count). The van der Waals surface area contributed by atoms with E-state index in [0.29, 0.717) is 12.2 Å². The molecule has 0 aliphatic carbocycles. The third-order valence-corrected chi connectivity index (χ3v) is 3.99. The van der Waals surface area contributed by atoms with Gasteiger partial charge in [0.1, 0.15) is 5.65 Å². The van der Waals surface area contributed by atoms with E-state index in [2.05, 4.69) is 15.1 Å². The minimum absolute atomic E-state index is 0.0296. The van der Waals surface area contributed by atoms with Crippen LogP contribution in [0.2, 0.25) is 0 Å². The Morgan fingerprint density at radius 1 is 1.50 bits per heavy atom. The van der Waals surface area contributed by atoms with E-state index < -0.39 is 17.7 Å². The van der Waals surface area contributed by atoms with Crippen molar-refractivity contribution < 1.29 is 19.1 Å². The summed E-state index contributed by atoms with van der Waals surface area (Å²) in [5.41, 5.74) is 1.44. The number of carbonyl (C=O) groups excluding carboxylic acids is 2. The summed E-state index contributed by atoms with van der Waals surface area (Å²) in [6.45, 7) is 4.36. The van der Waals surface area contributed by atoms with E-state index in [-0.39, 0.29) is 18.3 Å². The number of esters is 1. The highest BCUT2D eigenvalue weighted by atomic mass is 16.5. The fourth-order valence-electron chi connectivity index (χ4n) is 2.57. The van der Waals surface area contributed by atoms with Crippen LogP contribution in [0.3, 0.4) is 0 Å². The third kappa shape index (κ3) is 3.30. The van der Waals surface area contributed by atoms with Crippen molar-refractivity contribution in [2.45, 2.75) is 13.8 Å². The summed E-state index contributed by atoms with van der Waals surface area (Å²) in [6, 6.07) is 3.69. The number of ether oxygens (including phenoxy) is 2. The number of hydrogen-bond acceptors (Lipinski definition) is 7. The molecule has 136 valence electrons. The molecule has 1 aliphatic rings. The van der Waals surface area contributed by atoms with Crippen LogP contribution in [0, 0.1) is 5.92 Å². The monoisotopic (exact) mass is 356 g/mol. The molecule has 3 heterocycles. The number of pyridine rings is 1. The van der Waals surface area contributed by atoms with Crippen molar-refractivity contribution in [3.05, 3.63) is 35.8 Å². The first-order chi connectivity index (χ1) is 12.5. The number of carbonyl (C=O) groups is 2. The van der Waals surface area contributed by atoms with E-state index in [4.69, 9.17) is 9.47 Å². The molecule has 1 fully saturated rings. The van der Waals surface area contributed by atoms with Crippen molar-refractivity contribution in [1.29, 1.82) is 0 Å². The van der Waals surface area contributed by atoms with E-state index in [9.17, 15) is 9.59 Å². The minimum Gasteiger partial charge on any atom is -0.465 e. The second-order valence-electron chi connectivity index (χ2n) is 5.72. The van der Waals surface area contributed by atoms with Gasteiger partial charge < -0.3 is 14.5 Å². The lowest BCUT2D eigenvalue weighted by molar-refractivity contribution is -0.147. The van der Waals surface area contributed by atoms with Crippen LogP contribution in [-0.4, -0.2) is 52.8 Å². The zero-order valence-electron chi connectivity index (χ0n) is 14.9. The molecule has 0 bridgehead atoms. The van der Waals surface area contributed by atoms with Gasteiger partial charge in [0.2, 0.25) is 17.6 Å². The molecule has 8 heteroatoms. The third-order valence-electron chi connectivity index (χ3n) is 3.99. The quantitative estimate of drug-likeness (QED) is 0.381. The highest BCUT2D eigenvalue weighted by Crippen LogP contribution is 2.27. The summed E-state index contributed by atoms with van der Waals surface area (Å²) >= 11 is 0. The maximum absolute atomic E-state index is 12.7. The first-order valence-electron chi connectivity index (χ1n) is 8.37. The summed E-state index contributed by atoms with van der Waals surface area (Å²) in [5, 5.41) is 6.65. The Labute approximate surface area is 150 Å². The average molecular weight is 356 g/mol. The van der Waals surface area contributed by atoms with Gasteiger partial charge in [-0.2, -0.15) is 0 Å². The Balaban J connectivity index is 1.99. The normalized spacial score (nSPS) is 20.0. The summed E-state index contributed by atoms with van der Waals surface area (Å²) in [4.78, 5) is 32.2. The Hall–Kier alpha value is -3.16. The zero-order chi connectivity index (χ0) is 18.7. The van der Waals surface area contributed by atoms with Crippen LogP contribution >= 0.6 is 0 Å². The Morgan fingerprint density at radius 3 is 3.04 bits per heavy atom. The molecule has 0 radical (unpaired) electrons. The smallest absolute Gasteiger partial charge is 0.326 e. The van der Waals surface area contributed by atoms with E-state index >= 15 is 0 Å². The van der Waals surface area contributed by atoms with Gasteiger partial charge in [-0.05, 0) is 32.1 Å². The Morgan fingerprint density at radius 2 is 2.31 bits per heavy atom. The van der Waals surface area contributed by atoms with Crippen molar-refractivity contribution in [2.24, 2.45) is 11.0 Å². The van der Waals surface area contributed by atoms with E-state index in [1.165, 1.54) is 0 Å². The number of fused-ring (bicyclic) bond motifs is 1. The molecule has 1 aliphatic heterocycles. The topological polar surface area (TPSA) is 96.9 Å². The maximum atomic E-state index is 12.7. The number of nitrogens with one attached hydrogen (secondary N) is 1. The highest BCUT2D eigenvalue weighted by molar-refractivity contribution is 6.27. The van der Waals surface area contributed by atoms with E-state index in [1.54, 1.807) is 43.5 Å². The lowest BCUT2D eigenvalue weighted by Gasteiger charge is -2.12. The largest absolute Gasteiger partial charge is 0.465 e. The summed E-state index contributed by atoms with van der Waals surface area (Å²) in [5.74, 6) is -2.23. The number of aromatic amines is 1. The van der Waals surface area contributed by atoms with Gasteiger partial charge in [-0.1, -0.05) is 0 Å². The van der Waals surface area contributed by atoms with Crippen molar-refractivity contribution in [2.75, 3.05) is 20.2 Å². The van der Waals surface area contributed by atoms with Crippen LogP contribution in [0.1, 0.15) is 19.4 Å². The molecule has 8 nitrogen and oxygen atoms in total. The molecule has 26 heavy (non-hydrogen) atoms. The number of H-pyrrole nitrogens is 1. The standard InChI is InChI=1S/C18H20N4O4/c1-4-22(3)21-17-14(18(24)25-5-2)15(23)13(26-17)9-11-10-20-16-12(11)7-6-8-19-16/h6-10,14H,4-5H2,1-3H3,(H,19,20)/b13-9-,21-17+. The number of hydrazone groups is 1. The predicted molar refractivity (Wildman–Crippen MR) is 96.0 cm³/mol. The number of hydrogen-bond donors (Lipinski definition) is 1. The maximum Gasteiger partial charge on any atom is 0.326 e. The van der Waals surface area contributed by atoms with Gasteiger partial charge in [0.05, 0.1) is 6.61 Å². The lowest BCUT2D eigenvalue weighted by Crippen LogP contribution is -2.29. The van der Waals surface area contributed by atoms with Gasteiger partial charge in [0.15, 0.2) is 5.76 Å². The molecule has 1 N–H and O–H groups in total. The lowest BCUT2D eigenvalue weighted by atomic mass is 10.0. The Bertz CT molecular complexity index is 899. The van der Waals surface area contributed by atoms with Crippen molar-refractivity contribution in [1.82, 2.24) is 15.0 Å². The van der Waals surface area contributed by atoms with E-state index in [1.807, 2.05) is 13.0 Å². The van der Waals surface area contributed by atoms with Gasteiger partial charge in [0, 0.05) is 36.9 Å². The van der Waals surface area contributed by atoms with Crippen LogP contribution in [0.15, 0.2) is 35.4 Å². The number of ketones is 1. The molecular formula is C18H20N4O4. The van der Waals surface area contributed by atoms with Crippen LogP contribution < -0.4 is 0 Å². The number of aromatic nitrogens is 2. The molecule has 0 spiro atoms. The van der Waals surface area contributed by atoms with Crippen LogP contribution in [0.4, 0.5) is 0 Å². The summed E-state index contributed by atoms with van der Waals surface area (Å²) < 4.78 is 10.6. The second-order valence-corrected chi connectivity index (χ2v) is 5.72. The summed E-state index contributed by atoms with van der Waals surface area (Å²) in [7, 11) is 1.73. The van der Waals surface area contributed by atoms with Gasteiger partial charge in [-0.15, -0.1) is 5.10 Å². The molecule has 1 unspecified atom stereocenters. The van der Waals surface area contributed by atoms with Crippen molar-refractivity contribution in [3.63, 3.8) is 0 Å². The first kappa shape index (κ1) is 17.7. The average Bonchev–Trinajstić information content (AvgIpc) is 3.17. The fraction of sp³-hybridized carbons (Fsp3) is 0.333. The molecule has 0 aromatic carbocycles. The molecule has 2 aromatic rings. The second kappa shape index (κ2) is 7.38. The number of rotatable bonds is 5. The molecule has 1 atom stereocenters. The van der Waals surface area contributed by atoms with E-state index in [0.717, 1.165) is 10.9 Å². The zero-order valence-corrected chi connectivity index (χ0v) is 14.9. The fourth-order valence-corrected chi connectivity index (χ4v) is 2.57. The highest BCUT2D eigenvalue weighted by Gasteiger charge is 2.45. The molecule has 0 saturated carbocycles.